The van der Waals surface area contributed by atoms with E-state index in [9.17, 15) is 0 Å². The molecule has 0 aromatic heterocycles. The van der Waals surface area contributed by atoms with Gasteiger partial charge in [0.2, 0.25) is 0 Å². The van der Waals surface area contributed by atoms with Crippen LogP contribution in [-0.2, 0) is 0 Å². The molecule has 0 aliphatic heterocycles. The predicted molar refractivity (Wildman–Crippen MR) is 44.9 cm³/mol. The number of hydrogen-bond donors (Lipinski definition) is 0. The van der Waals surface area contributed by atoms with Crippen molar-refractivity contribution in [2.24, 2.45) is 11.3 Å². The summed E-state index contributed by atoms with van der Waals surface area (Å²) in [5.74, 6) is 0.866. The highest BCUT2D eigenvalue weighted by Gasteiger charge is 2.38. The number of alkyl halides is 1. The van der Waals surface area contributed by atoms with Gasteiger partial charge in [-0.3, -0.25) is 0 Å². The highest BCUT2D eigenvalue weighted by Crippen LogP contribution is 2.47. The Morgan fingerprint density at radius 3 is 2.00 bits per heavy atom. The lowest BCUT2D eigenvalue weighted by atomic mass is 9.64. The Morgan fingerprint density at radius 2 is 2.00 bits per heavy atom. The summed E-state index contributed by atoms with van der Waals surface area (Å²) in [6, 6.07) is 0. The summed E-state index contributed by atoms with van der Waals surface area (Å²) in [6.45, 7) is 4.67. The largest absolute Gasteiger partial charge is 0.0922 e. The van der Waals surface area contributed by atoms with E-state index < -0.39 is 0 Å². The molecule has 0 saturated heterocycles. The minimum absolute atomic E-state index is 0.681. The van der Waals surface area contributed by atoms with Crippen LogP contribution in [0.15, 0.2) is 0 Å². The zero-order chi connectivity index (χ0) is 6.91. The van der Waals surface area contributed by atoms with E-state index in [0.717, 1.165) is 5.92 Å². The van der Waals surface area contributed by atoms with Crippen LogP contribution in [-0.4, -0.2) is 5.33 Å². The molecule has 1 rings (SSSR count). The van der Waals surface area contributed by atoms with Gasteiger partial charge in [-0.2, -0.15) is 0 Å². The molecule has 1 aliphatic rings. The van der Waals surface area contributed by atoms with Crippen molar-refractivity contribution in [1.82, 2.24) is 0 Å². The van der Waals surface area contributed by atoms with Crippen LogP contribution in [0.4, 0.5) is 0 Å². The smallest absolute Gasteiger partial charge is 0.00904 e. The Labute approximate surface area is 66.2 Å². The van der Waals surface area contributed by atoms with Crippen LogP contribution in [0, 0.1) is 11.3 Å². The molecule has 0 N–H and O–H groups in total. The Morgan fingerprint density at radius 1 is 1.44 bits per heavy atom. The van der Waals surface area contributed by atoms with Gasteiger partial charge in [-0.25, -0.2) is 0 Å². The SMILES string of the molecule is CC(C)C1(CBr)CCC1. The van der Waals surface area contributed by atoms with E-state index >= 15 is 0 Å². The molecule has 0 spiro atoms. The van der Waals surface area contributed by atoms with Crippen molar-refractivity contribution in [2.45, 2.75) is 33.1 Å². The van der Waals surface area contributed by atoms with E-state index in [1.807, 2.05) is 0 Å². The number of hydrogen-bond acceptors (Lipinski definition) is 0. The topological polar surface area (TPSA) is 0 Å². The fourth-order valence-electron chi connectivity index (χ4n) is 1.50. The molecule has 0 atom stereocenters. The third-order valence-electron chi connectivity index (χ3n) is 2.84. The maximum absolute atomic E-state index is 3.58. The lowest BCUT2D eigenvalue weighted by Crippen LogP contribution is -2.36. The van der Waals surface area contributed by atoms with Crippen molar-refractivity contribution in [3.8, 4) is 0 Å². The zero-order valence-corrected chi connectivity index (χ0v) is 7.87. The summed E-state index contributed by atoms with van der Waals surface area (Å²) in [4.78, 5) is 0. The van der Waals surface area contributed by atoms with Gasteiger partial charge in [0, 0.05) is 5.33 Å². The molecule has 0 aromatic rings. The molecule has 0 nitrogen and oxygen atoms in total. The predicted octanol–water partition coefficient (Wildman–Crippen LogP) is 3.21. The third-order valence-corrected chi connectivity index (χ3v) is 3.96. The van der Waals surface area contributed by atoms with Crippen LogP contribution in [0.5, 0.6) is 0 Å². The van der Waals surface area contributed by atoms with Crippen LogP contribution in [0.3, 0.4) is 0 Å². The Bertz CT molecular complexity index is 87.2. The quantitative estimate of drug-likeness (QED) is 0.588. The first-order valence-electron chi connectivity index (χ1n) is 3.77. The third kappa shape index (κ3) is 1.17. The minimum atomic E-state index is 0.681. The standard InChI is InChI=1S/C8H15Br/c1-7(2)8(6-9)4-3-5-8/h7H,3-6H2,1-2H3. The van der Waals surface area contributed by atoms with Gasteiger partial charge in [0.05, 0.1) is 0 Å². The van der Waals surface area contributed by atoms with Gasteiger partial charge in [-0.05, 0) is 24.2 Å². The van der Waals surface area contributed by atoms with Gasteiger partial charge in [-0.15, -0.1) is 0 Å². The first kappa shape index (κ1) is 7.59. The van der Waals surface area contributed by atoms with Crippen LogP contribution in [0.25, 0.3) is 0 Å². The molecule has 1 fully saturated rings. The molecule has 0 aromatic carbocycles. The second-order valence-corrected chi connectivity index (χ2v) is 4.06. The summed E-state index contributed by atoms with van der Waals surface area (Å²) >= 11 is 3.58. The molecule has 0 unspecified atom stereocenters. The number of rotatable bonds is 2. The molecule has 0 heterocycles. The van der Waals surface area contributed by atoms with Crippen molar-refractivity contribution in [3.63, 3.8) is 0 Å². The average molecular weight is 191 g/mol. The summed E-state index contributed by atoms with van der Waals surface area (Å²) in [5.41, 5.74) is 0.681. The summed E-state index contributed by atoms with van der Waals surface area (Å²) in [7, 11) is 0. The zero-order valence-electron chi connectivity index (χ0n) is 6.28. The molecule has 1 saturated carbocycles. The lowest BCUT2D eigenvalue weighted by molar-refractivity contribution is 0.101. The molecule has 0 amide bonds. The van der Waals surface area contributed by atoms with Crippen LogP contribution in [0.1, 0.15) is 33.1 Å². The second-order valence-electron chi connectivity index (χ2n) is 3.50. The van der Waals surface area contributed by atoms with Crippen molar-refractivity contribution < 1.29 is 0 Å². The van der Waals surface area contributed by atoms with Gasteiger partial charge in [0.25, 0.3) is 0 Å². The first-order chi connectivity index (χ1) is 4.21. The van der Waals surface area contributed by atoms with Gasteiger partial charge in [0.1, 0.15) is 0 Å². The first-order valence-corrected chi connectivity index (χ1v) is 4.89. The Balaban J connectivity index is 2.46. The average Bonchev–Trinajstić information content (AvgIpc) is 1.62. The fraction of sp³-hybridized carbons (Fsp3) is 1.00. The van der Waals surface area contributed by atoms with Gasteiger partial charge < -0.3 is 0 Å². The summed E-state index contributed by atoms with van der Waals surface area (Å²) in [6.07, 6.45) is 4.33. The molecular formula is C8H15Br. The maximum atomic E-state index is 3.58. The van der Waals surface area contributed by atoms with E-state index in [-0.39, 0.29) is 0 Å². The molecule has 0 bridgehead atoms. The molecular weight excluding hydrogens is 176 g/mol. The number of halogens is 1. The molecule has 9 heavy (non-hydrogen) atoms. The summed E-state index contributed by atoms with van der Waals surface area (Å²) in [5, 5.41) is 1.21. The van der Waals surface area contributed by atoms with E-state index in [4.69, 9.17) is 0 Å². The molecule has 0 radical (unpaired) electrons. The van der Waals surface area contributed by atoms with Gasteiger partial charge >= 0.3 is 0 Å². The highest BCUT2D eigenvalue weighted by molar-refractivity contribution is 9.09. The normalized spacial score (nSPS) is 24.0. The highest BCUT2D eigenvalue weighted by atomic mass is 79.9. The second kappa shape index (κ2) is 2.61. The Kier molecular flexibility index (Phi) is 2.20. The van der Waals surface area contributed by atoms with E-state index in [2.05, 4.69) is 29.8 Å². The van der Waals surface area contributed by atoms with Crippen molar-refractivity contribution >= 4 is 15.9 Å². The minimum Gasteiger partial charge on any atom is -0.0922 e. The Hall–Kier alpha value is 0.480. The molecule has 1 aliphatic carbocycles. The van der Waals surface area contributed by atoms with Gasteiger partial charge in [-0.1, -0.05) is 36.2 Å². The molecule has 1 heteroatoms. The van der Waals surface area contributed by atoms with E-state index in [0.29, 0.717) is 5.41 Å². The monoisotopic (exact) mass is 190 g/mol. The van der Waals surface area contributed by atoms with Crippen LogP contribution >= 0.6 is 15.9 Å². The lowest BCUT2D eigenvalue weighted by Gasteiger charge is -2.44. The van der Waals surface area contributed by atoms with Crippen LogP contribution < -0.4 is 0 Å². The maximum Gasteiger partial charge on any atom is 0.00904 e. The van der Waals surface area contributed by atoms with Gasteiger partial charge in [0.15, 0.2) is 0 Å². The molecule has 54 valence electrons. The van der Waals surface area contributed by atoms with E-state index in [1.165, 1.54) is 24.6 Å². The van der Waals surface area contributed by atoms with E-state index in [1.54, 1.807) is 0 Å². The van der Waals surface area contributed by atoms with Crippen molar-refractivity contribution in [1.29, 1.82) is 0 Å². The van der Waals surface area contributed by atoms with Crippen molar-refractivity contribution in [3.05, 3.63) is 0 Å². The van der Waals surface area contributed by atoms with Crippen molar-refractivity contribution in [2.75, 3.05) is 5.33 Å². The van der Waals surface area contributed by atoms with Crippen LogP contribution in [0.2, 0.25) is 0 Å². The fourth-order valence-corrected chi connectivity index (χ4v) is 2.70. The summed E-state index contributed by atoms with van der Waals surface area (Å²) < 4.78 is 0.